The quantitative estimate of drug-likeness (QED) is 0.688. The van der Waals surface area contributed by atoms with Crippen LogP contribution >= 0.6 is 23.2 Å². The summed E-state index contributed by atoms with van der Waals surface area (Å²) in [5, 5.41) is 5.20. The van der Waals surface area contributed by atoms with Gasteiger partial charge in [0.2, 0.25) is 0 Å². The van der Waals surface area contributed by atoms with Crippen LogP contribution < -0.4 is 5.32 Å². The predicted octanol–water partition coefficient (Wildman–Crippen LogP) is 6.11. The first-order valence-electron chi connectivity index (χ1n) is 8.19. The van der Waals surface area contributed by atoms with E-state index in [4.69, 9.17) is 23.2 Å². The highest BCUT2D eigenvalue weighted by molar-refractivity contribution is 6.34. The van der Waals surface area contributed by atoms with Gasteiger partial charge in [-0.15, -0.1) is 0 Å². The van der Waals surface area contributed by atoms with Crippen molar-refractivity contribution in [1.82, 2.24) is 5.32 Å². The average Bonchev–Trinajstić information content (AvgIpc) is 2.37. The Bertz CT molecular complexity index is 430. The van der Waals surface area contributed by atoms with E-state index in [-0.39, 0.29) is 0 Å². The fourth-order valence-electron chi connectivity index (χ4n) is 3.89. The van der Waals surface area contributed by atoms with E-state index in [1.165, 1.54) is 24.8 Å². The van der Waals surface area contributed by atoms with Gasteiger partial charge in [-0.25, -0.2) is 0 Å². The highest BCUT2D eigenvalue weighted by atomic mass is 35.5. The molecule has 1 aliphatic rings. The molecule has 3 heteroatoms. The standard InChI is InChI=1S/C18H27Cl2N/c1-4-5-21-18(14-7-12(2)6-13(3)8-14)15-9-16(19)11-17(20)10-15/h9-14,18,21H,4-8H2,1-3H3. The van der Waals surface area contributed by atoms with E-state index in [1.54, 1.807) is 0 Å². The Morgan fingerprint density at radius 2 is 1.62 bits per heavy atom. The van der Waals surface area contributed by atoms with Crippen molar-refractivity contribution in [3.8, 4) is 0 Å². The number of hydrogen-bond donors (Lipinski definition) is 1. The van der Waals surface area contributed by atoms with Crippen LogP contribution in [0.4, 0.5) is 0 Å². The zero-order valence-corrected chi connectivity index (χ0v) is 14.8. The van der Waals surface area contributed by atoms with E-state index in [2.05, 4.69) is 38.2 Å². The van der Waals surface area contributed by atoms with Gasteiger partial charge in [-0.3, -0.25) is 0 Å². The lowest BCUT2D eigenvalue weighted by Gasteiger charge is -2.37. The molecular formula is C18H27Cl2N. The van der Waals surface area contributed by atoms with Crippen LogP contribution in [-0.2, 0) is 0 Å². The number of hydrogen-bond acceptors (Lipinski definition) is 1. The van der Waals surface area contributed by atoms with Gasteiger partial charge in [0, 0.05) is 16.1 Å². The minimum Gasteiger partial charge on any atom is -0.310 e. The van der Waals surface area contributed by atoms with Crippen LogP contribution in [0.2, 0.25) is 10.0 Å². The van der Waals surface area contributed by atoms with E-state index >= 15 is 0 Å². The molecule has 1 saturated carbocycles. The lowest BCUT2D eigenvalue weighted by molar-refractivity contribution is 0.176. The highest BCUT2D eigenvalue weighted by Crippen LogP contribution is 2.40. The fraction of sp³-hybridized carbons (Fsp3) is 0.667. The molecule has 1 aliphatic carbocycles. The van der Waals surface area contributed by atoms with Crippen LogP contribution in [0.15, 0.2) is 18.2 Å². The van der Waals surface area contributed by atoms with Crippen molar-refractivity contribution in [3.63, 3.8) is 0 Å². The molecule has 0 spiro atoms. The van der Waals surface area contributed by atoms with Gasteiger partial charge in [-0.05, 0) is 73.7 Å². The summed E-state index contributed by atoms with van der Waals surface area (Å²) in [7, 11) is 0. The summed E-state index contributed by atoms with van der Waals surface area (Å²) in [5.74, 6) is 2.28. The summed E-state index contributed by atoms with van der Waals surface area (Å²) in [6, 6.07) is 6.33. The van der Waals surface area contributed by atoms with Gasteiger partial charge in [0.1, 0.15) is 0 Å². The van der Waals surface area contributed by atoms with E-state index < -0.39 is 0 Å². The smallest absolute Gasteiger partial charge is 0.0424 e. The Balaban J connectivity index is 2.24. The summed E-state index contributed by atoms with van der Waals surface area (Å²) >= 11 is 12.4. The number of rotatable bonds is 5. The molecule has 1 nitrogen and oxygen atoms in total. The van der Waals surface area contributed by atoms with Gasteiger partial charge in [0.05, 0.1) is 0 Å². The molecule has 21 heavy (non-hydrogen) atoms. The third-order valence-electron chi connectivity index (χ3n) is 4.54. The van der Waals surface area contributed by atoms with Crippen LogP contribution in [0.1, 0.15) is 58.1 Å². The van der Waals surface area contributed by atoms with E-state index in [9.17, 15) is 0 Å². The Morgan fingerprint density at radius 1 is 1.05 bits per heavy atom. The summed E-state index contributed by atoms with van der Waals surface area (Å²) in [6.07, 6.45) is 5.07. The van der Waals surface area contributed by atoms with Crippen molar-refractivity contribution in [2.75, 3.05) is 6.54 Å². The minimum absolute atomic E-state index is 0.367. The zero-order chi connectivity index (χ0) is 15.4. The lowest BCUT2D eigenvalue weighted by Crippen LogP contribution is -2.33. The van der Waals surface area contributed by atoms with Crippen molar-refractivity contribution in [2.45, 2.75) is 52.5 Å². The predicted molar refractivity (Wildman–Crippen MR) is 93.2 cm³/mol. The highest BCUT2D eigenvalue weighted by Gasteiger charge is 2.30. The summed E-state index contributed by atoms with van der Waals surface area (Å²) in [6.45, 7) is 8.00. The average molecular weight is 328 g/mol. The summed E-state index contributed by atoms with van der Waals surface area (Å²) in [5.41, 5.74) is 1.24. The molecule has 0 saturated heterocycles. The molecule has 3 atom stereocenters. The van der Waals surface area contributed by atoms with Gasteiger partial charge >= 0.3 is 0 Å². The van der Waals surface area contributed by atoms with Gasteiger partial charge in [0.15, 0.2) is 0 Å². The largest absolute Gasteiger partial charge is 0.310 e. The van der Waals surface area contributed by atoms with Crippen molar-refractivity contribution >= 4 is 23.2 Å². The molecule has 1 aromatic rings. The zero-order valence-electron chi connectivity index (χ0n) is 13.3. The van der Waals surface area contributed by atoms with E-state index in [1.807, 2.05) is 6.07 Å². The normalized spacial score (nSPS) is 27.6. The van der Waals surface area contributed by atoms with Crippen molar-refractivity contribution in [2.24, 2.45) is 17.8 Å². The van der Waals surface area contributed by atoms with Crippen molar-refractivity contribution in [3.05, 3.63) is 33.8 Å². The first-order chi connectivity index (χ1) is 9.99. The van der Waals surface area contributed by atoms with Gasteiger partial charge < -0.3 is 5.32 Å². The molecule has 1 N–H and O–H groups in total. The lowest BCUT2D eigenvalue weighted by atomic mass is 9.72. The number of halogens is 2. The molecule has 118 valence electrons. The second-order valence-electron chi connectivity index (χ2n) is 6.81. The number of nitrogens with one attached hydrogen (secondary N) is 1. The molecule has 2 rings (SSSR count). The molecule has 0 aromatic heterocycles. The molecule has 1 fully saturated rings. The third-order valence-corrected chi connectivity index (χ3v) is 4.98. The van der Waals surface area contributed by atoms with E-state index in [0.717, 1.165) is 34.8 Å². The van der Waals surface area contributed by atoms with Crippen LogP contribution in [-0.4, -0.2) is 6.54 Å². The van der Waals surface area contributed by atoms with Crippen molar-refractivity contribution < 1.29 is 0 Å². The second-order valence-corrected chi connectivity index (χ2v) is 7.68. The topological polar surface area (TPSA) is 12.0 Å². The van der Waals surface area contributed by atoms with E-state index in [0.29, 0.717) is 12.0 Å². The van der Waals surface area contributed by atoms with Crippen LogP contribution in [0.25, 0.3) is 0 Å². The second kappa shape index (κ2) is 7.85. The Hall–Kier alpha value is -0.240. The van der Waals surface area contributed by atoms with Gasteiger partial charge in [-0.2, -0.15) is 0 Å². The van der Waals surface area contributed by atoms with Crippen LogP contribution in [0.3, 0.4) is 0 Å². The third kappa shape index (κ3) is 4.87. The Morgan fingerprint density at radius 3 is 2.14 bits per heavy atom. The molecule has 0 radical (unpaired) electrons. The molecule has 0 aliphatic heterocycles. The van der Waals surface area contributed by atoms with Crippen LogP contribution in [0, 0.1) is 17.8 Å². The minimum atomic E-state index is 0.367. The summed E-state index contributed by atoms with van der Waals surface area (Å²) < 4.78 is 0. The van der Waals surface area contributed by atoms with Crippen LogP contribution in [0.5, 0.6) is 0 Å². The summed E-state index contributed by atoms with van der Waals surface area (Å²) in [4.78, 5) is 0. The maximum Gasteiger partial charge on any atom is 0.0424 e. The van der Waals surface area contributed by atoms with Gasteiger partial charge in [-0.1, -0.05) is 44.0 Å². The van der Waals surface area contributed by atoms with Crippen molar-refractivity contribution in [1.29, 1.82) is 0 Å². The molecular weight excluding hydrogens is 301 g/mol. The molecule has 3 unspecified atom stereocenters. The fourth-order valence-corrected chi connectivity index (χ4v) is 4.44. The Labute approximate surface area is 139 Å². The number of benzene rings is 1. The maximum absolute atomic E-state index is 6.21. The first kappa shape index (κ1) is 17.1. The molecule has 0 heterocycles. The van der Waals surface area contributed by atoms with Gasteiger partial charge in [0.25, 0.3) is 0 Å². The SMILES string of the molecule is CCCNC(c1cc(Cl)cc(Cl)c1)C1CC(C)CC(C)C1. The molecule has 0 amide bonds. The Kier molecular flexibility index (Phi) is 6.40. The monoisotopic (exact) mass is 327 g/mol. The first-order valence-corrected chi connectivity index (χ1v) is 8.94. The maximum atomic E-state index is 6.21. The molecule has 0 bridgehead atoms. The molecule has 1 aromatic carbocycles.